The Hall–Kier alpha value is -1.13. The van der Waals surface area contributed by atoms with Crippen molar-refractivity contribution in [2.75, 3.05) is 13.7 Å². The van der Waals surface area contributed by atoms with Gasteiger partial charge in [0.1, 0.15) is 10.8 Å². The first-order valence-corrected chi connectivity index (χ1v) is 5.26. The summed E-state index contributed by atoms with van der Waals surface area (Å²) in [6.45, 7) is 4.18. The van der Waals surface area contributed by atoms with Gasteiger partial charge in [-0.05, 0) is 26.0 Å². The van der Waals surface area contributed by atoms with Crippen LogP contribution in [-0.2, 0) is 4.74 Å². The van der Waals surface area contributed by atoms with Crippen molar-refractivity contribution in [2.45, 2.75) is 19.4 Å². The summed E-state index contributed by atoms with van der Waals surface area (Å²) < 4.78 is 5.01. The highest BCUT2D eigenvalue weighted by molar-refractivity contribution is 6.29. The van der Waals surface area contributed by atoms with Crippen LogP contribution in [0.3, 0.4) is 0 Å². The third-order valence-corrected chi connectivity index (χ3v) is 2.12. The van der Waals surface area contributed by atoms with Crippen LogP contribution in [-0.4, -0.2) is 30.1 Å². The van der Waals surface area contributed by atoms with Crippen LogP contribution in [0.5, 0.6) is 0 Å². The highest BCUT2D eigenvalue weighted by atomic mass is 35.5. The van der Waals surface area contributed by atoms with Gasteiger partial charge in [-0.15, -0.1) is 0 Å². The summed E-state index contributed by atoms with van der Waals surface area (Å²) in [5.41, 5.74) is -0.132. The number of ether oxygens (including phenoxy) is 1. The van der Waals surface area contributed by atoms with Crippen molar-refractivity contribution in [2.24, 2.45) is 0 Å². The number of pyridine rings is 1. The van der Waals surface area contributed by atoms with E-state index >= 15 is 0 Å². The van der Waals surface area contributed by atoms with Crippen molar-refractivity contribution in [3.05, 3.63) is 29.0 Å². The molecule has 0 aromatic carbocycles. The van der Waals surface area contributed by atoms with Crippen molar-refractivity contribution in [3.8, 4) is 0 Å². The van der Waals surface area contributed by atoms with Gasteiger partial charge in [-0.1, -0.05) is 17.7 Å². The number of nitrogens with one attached hydrogen (secondary N) is 1. The lowest BCUT2D eigenvalue weighted by molar-refractivity contribution is 0.0815. The normalized spacial score (nSPS) is 11.2. The molecule has 1 heterocycles. The highest BCUT2D eigenvalue weighted by Gasteiger charge is 2.21. The predicted octanol–water partition coefficient (Wildman–Crippen LogP) is 1.89. The van der Waals surface area contributed by atoms with E-state index in [2.05, 4.69) is 10.3 Å². The third kappa shape index (κ3) is 3.79. The minimum atomic E-state index is -0.435. The van der Waals surface area contributed by atoms with E-state index in [0.29, 0.717) is 17.5 Å². The number of hydrogen-bond acceptors (Lipinski definition) is 3. The van der Waals surface area contributed by atoms with Crippen LogP contribution >= 0.6 is 11.6 Å². The van der Waals surface area contributed by atoms with Gasteiger partial charge < -0.3 is 10.1 Å². The molecule has 1 rings (SSSR count). The molecule has 1 aromatic rings. The number of hydrogen-bond donors (Lipinski definition) is 1. The fourth-order valence-electron chi connectivity index (χ4n) is 1.30. The van der Waals surface area contributed by atoms with Gasteiger partial charge in [0.2, 0.25) is 0 Å². The fraction of sp³-hybridized carbons (Fsp3) is 0.455. The van der Waals surface area contributed by atoms with Crippen LogP contribution in [0, 0.1) is 0 Å². The molecule has 0 aliphatic carbocycles. The summed E-state index contributed by atoms with van der Waals surface area (Å²) >= 11 is 5.71. The third-order valence-electron chi connectivity index (χ3n) is 1.90. The Morgan fingerprint density at radius 2 is 2.25 bits per heavy atom. The number of rotatable bonds is 4. The maximum absolute atomic E-state index is 11.8. The maximum Gasteiger partial charge on any atom is 0.270 e. The SMILES string of the molecule is COCC(C)(C)NC(=O)c1cccc(Cl)n1. The number of carbonyl (C=O) groups excluding carboxylic acids is 1. The predicted molar refractivity (Wildman–Crippen MR) is 62.7 cm³/mol. The van der Waals surface area contributed by atoms with E-state index in [4.69, 9.17) is 16.3 Å². The standard InChI is InChI=1S/C11H15ClN2O2/c1-11(2,7-16-3)14-10(15)8-5-4-6-9(12)13-8/h4-6H,7H2,1-3H3,(H,14,15). The number of amides is 1. The molecular formula is C11H15ClN2O2. The van der Waals surface area contributed by atoms with Gasteiger partial charge in [-0.25, -0.2) is 4.98 Å². The molecule has 0 saturated heterocycles. The number of methoxy groups -OCH3 is 1. The molecule has 16 heavy (non-hydrogen) atoms. The van der Waals surface area contributed by atoms with E-state index in [1.54, 1.807) is 25.3 Å². The highest BCUT2D eigenvalue weighted by Crippen LogP contribution is 2.08. The zero-order chi connectivity index (χ0) is 12.2. The van der Waals surface area contributed by atoms with Crippen molar-refractivity contribution >= 4 is 17.5 Å². The lowest BCUT2D eigenvalue weighted by Gasteiger charge is -2.24. The number of halogens is 1. The van der Waals surface area contributed by atoms with Gasteiger partial charge >= 0.3 is 0 Å². The molecular weight excluding hydrogens is 228 g/mol. The molecule has 1 amide bonds. The second-order valence-corrected chi connectivity index (χ2v) is 4.50. The van der Waals surface area contributed by atoms with E-state index in [-0.39, 0.29) is 5.91 Å². The maximum atomic E-state index is 11.8. The second kappa shape index (κ2) is 5.27. The molecule has 0 fully saturated rings. The first-order chi connectivity index (χ1) is 7.44. The van der Waals surface area contributed by atoms with E-state index in [9.17, 15) is 4.79 Å². The summed E-state index contributed by atoms with van der Waals surface area (Å²) in [7, 11) is 1.59. The Bertz CT molecular complexity index is 380. The fourth-order valence-corrected chi connectivity index (χ4v) is 1.47. The number of aromatic nitrogens is 1. The Kier molecular flexibility index (Phi) is 4.26. The lowest BCUT2D eigenvalue weighted by atomic mass is 10.1. The van der Waals surface area contributed by atoms with Crippen LogP contribution in [0.4, 0.5) is 0 Å². The van der Waals surface area contributed by atoms with Crippen molar-refractivity contribution in [3.63, 3.8) is 0 Å². The molecule has 88 valence electrons. The molecule has 0 atom stereocenters. The molecule has 0 aliphatic heterocycles. The van der Waals surface area contributed by atoms with Crippen molar-refractivity contribution in [1.29, 1.82) is 0 Å². The van der Waals surface area contributed by atoms with Crippen molar-refractivity contribution in [1.82, 2.24) is 10.3 Å². The molecule has 0 aliphatic rings. The van der Waals surface area contributed by atoms with Crippen LogP contribution in [0.1, 0.15) is 24.3 Å². The van der Waals surface area contributed by atoms with Gasteiger partial charge in [0.25, 0.3) is 5.91 Å². The van der Waals surface area contributed by atoms with Crippen LogP contribution in [0.25, 0.3) is 0 Å². The molecule has 0 unspecified atom stereocenters. The molecule has 4 nitrogen and oxygen atoms in total. The number of carbonyl (C=O) groups is 1. The van der Waals surface area contributed by atoms with Crippen molar-refractivity contribution < 1.29 is 9.53 Å². The van der Waals surface area contributed by atoms with Crippen LogP contribution in [0.2, 0.25) is 5.15 Å². The Balaban J connectivity index is 2.72. The summed E-state index contributed by atoms with van der Waals surface area (Å²) in [5, 5.41) is 3.12. The molecule has 0 spiro atoms. The molecule has 0 bridgehead atoms. The lowest BCUT2D eigenvalue weighted by Crippen LogP contribution is -2.47. The first kappa shape index (κ1) is 12.9. The monoisotopic (exact) mass is 242 g/mol. The molecule has 1 N–H and O–H groups in total. The molecule has 1 aromatic heterocycles. The second-order valence-electron chi connectivity index (χ2n) is 4.12. The smallest absolute Gasteiger partial charge is 0.270 e. The summed E-state index contributed by atoms with van der Waals surface area (Å²) in [6.07, 6.45) is 0. The zero-order valence-corrected chi connectivity index (χ0v) is 10.3. The molecule has 0 saturated carbocycles. The van der Waals surface area contributed by atoms with Crippen LogP contribution in [0.15, 0.2) is 18.2 Å². The van der Waals surface area contributed by atoms with Gasteiger partial charge in [-0.3, -0.25) is 4.79 Å². The average Bonchev–Trinajstić information content (AvgIpc) is 2.16. The molecule has 0 radical (unpaired) electrons. The largest absolute Gasteiger partial charge is 0.382 e. The van der Waals surface area contributed by atoms with Gasteiger partial charge in [0.15, 0.2) is 0 Å². The number of nitrogens with zero attached hydrogens (tertiary/aromatic N) is 1. The summed E-state index contributed by atoms with van der Waals surface area (Å²) in [6, 6.07) is 4.93. The minimum absolute atomic E-state index is 0.260. The Morgan fingerprint density at radius 3 is 2.81 bits per heavy atom. The minimum Gasteiger partial charge on any atom is -0.382 e. The zero-order valence-electron chi connectivity index (χ0n) is 9.58. The van der Waals surface area contributed by atoms with E-state index in [0.717, 1.165) is 0 Å². The quantitative estimate of drug-likeness (QED) is 0.821. The average molecular weight is 243 g/mol. The Labute approximate surface area is 100.0 Å². The first-order valence-electron chi connectivity index (χ1n) is 4.88. The van der Waals surface area contributed by atoms with Gasteiger partial charge in [0.05, 0.1) is 12.1 Å². The Morgan fingerprint density at radius 1 is 1.56 bits per heavy atom. The van der Waals surface area contributed by atoms with Gasteiger partial charge in [-0.2, -0.15) is 0 Å². The van der Waals surface area contributed by atoms with Gasteiger partial charge in [0, 0.05) is 7.11 Å². The summed E-state index contributed by atoms with van der Waals surface area (Å²) in [4.78, 5) is 15.7. The van der Waals surface area contributed by atoms with Crippen LogP contribution < -0.4 is 5.32 Å². The summed E-state index contributed by atoms with van der Waals surface area (Å²) in [5.74, 6) is -0.260. The topological polar surface area (TPSA) is 51.2 Å². The van der Waals surface area contributed by atoms with E-state index in [1.807, 2.05) is 13.8 Å². The molecule has 5 heteroatoms. The van der Waals surface area contributed by atoms with E-state index in [1.165, 1.54) is 0 Å². The van der Waals surface area contributed by atoms with E-state index < -0.39 is 5.54 Å².